The van der Waals surface area contributed by atoms with Gasteiger partial charge >= 0.3 is 6.03 Å². The molecule has 17 heavy (non-hydrogen) atoms. The highest BCUT2D eigenvalue weighted by molar-refractivity contribution is 5.88. The molecule has 6 heteroatoms. The number of hydrogen-bond donors (Lipinski definition) is 3. The third-order valence-corrected chi connectivity index (χ3v) is 2.41. The molecule has 0 fully saturated rings. The lowest BCUT2D eigenvalue weighted by Gasteiger charge is -2.25. The Morgan fingerprint density at radius 2 is 2.24 bits per heavy atom. The van der Waals surface area contributed by atoms with Crippen LogP contribution in [0.5, 0.6) is 0 Å². The van der Waals surface area contributed by atoms with Crippen LogP contribution in [-0.2, 0) is 7.05 Å². The van der Waals surface area contributed by atoms with Crippen molar-refractivity contribution in [2.45, 2.75) is 26.9 Å². The summed E-state index contributed by atoms with van der Waals surface area (Å²) in [5.74, 6) is 0.482. The first kappa shape index (κ1) is 13.5. The van der Waals surface area contributed by atoms with E-state index in [-0.39, 0.29) is 18.0 Å². The predicted molar refractivity (Wildman–Crippen MR) is 65.7 cm³/mol. The van der Waals surface area contributed by atoms with Gasteiger partial charge < -0.3 is 10.4 Å². The topological polar surface area (TPSA) is 79.2 Å². The molecule has 6 nitrogen and oxygen atoms in total. The highest BCUT2D eigenvalue weighted by Gasteiger charge is 2.22. The third-order valence-electron chi connectivity index (χ3n) is 2.41. The zero-order chi connectivity index (χ0) is 13.1. The van der Waals surface area contributed by atoms with E-state index in [2.05, 4.69) is 15.7 Å². The maximum atomic E-state index is 11.5. The minimum atomic E-state index is -0.586. The van der Waals surface area contributed by atoms with Crippen LogP contribution in [0.15, 0.2) is 12.3 Å². The molecule has 0 aromatic carbocycles. The summed E-state index contributed by atoms with van der Waals surface area (Å²) in [7, 11) is 1.77. The molecule has 0 radical (unpaired) electrons. The Labute approximate surface area is 101 Å². The minimum Gasteiger partial charge on any atom is -0.391 e. The van der Waals surface area contributed by atoms with Crippen molar-refractivity contribution in [3.63, 3.8) is 0 Å². The highest BCUT2D eigenvalue weighted by atomic mass is 16.3. The Morgan fingerprint density at radius 3 is 2.71 bits per heavy atom. The molecular weight excluding hydrogens is 220 g/mol. The average Bonchev–Trinajstić information content (AvgIpc) is 2.58. The lowest BCUT2D eigenvalue weighted by Crippen LogP contribution is -2.40. The van der Waals surface area contributed by atoms with E-state index in [1.807, 2.05) is 20.8 Å². The van der Waals surface area contributed by atoms with Crippen molar-refractivity contribution >= 4 is 11.8 Å². The molecular formula is C11H20N4O2. The molecule has 1 aromatic heterocycles. The molecule has 0 aliphatic rings. The van der Waals surface area contributed by atoms with E-state index in [4.69, 9.17) is 0 Å². The SMILES string of the molecule is Cn1ccc(NC(=O)NCC(O)C(C)(C)C)n1. The molecule has 1 aromatic rings. The first-order valence-corrected chi connectivity index (χ1v) is 5.51. The second-order valence-corrected chi connectivity index (χ2v) is 5.09. The number of nitrogens with one attached hydrogen (secondary N) is 2. The molecule has 0 aliphatic heterocycles. The number of anilines is 1. The van der Waals surface area contributed by atoms with Gasteiger partial charge in [0.15, 0.2) is 5.82 Å². The number of aromatic nitrogens is 2. The van der Waals surface area contributed by atoms with E-state index in [1.165, 1.54) is 0 Å². The van der Waals surface area contributed by atoms with Crippen LogP contribution in [0.3, 0.4) is 0 Å². The van der Waals surface area contributed by atoms with Crippen molar-refractivity contribution in [2.75, 3.05) is 11.9 Å². The van der Waals surface area contributed by atoms with Gasteiger partial charge in [-0.25, -0.2) is 4.79 Å². The van der Waals surface area contributed by atoms with Crippen LogP contribution < -0.4 is 10.6 Å². The largest absolute Gasteiger partial charge is 0.391 e. The monoisotopic (exact) mass is 240 g/mol. The zero-order valence-electron chi connectivity index (χ0n) is 10.7. The fraction of sp³-hybridized carbons (Fsp3) is 0.636. The number of hydrogen-bond acceptors (Lipinski definition) is 3. The molecule has 2 amide bonds. The minimum absolute atomic E-state index is 0.210. The smallest absolute Gasteiger partial charge is 0.320 e. The van der Waals surface area contributed by atoms with Gasteiger partial charge in [-0.2, -0.15) is 5.10 Å². The maximum Gasteiger partial charge on any atom is 0.320 e. The standard InChI is InChI=1S/C11H20N4O2/c1-11(2,3)8(16)7-12-10(17)13-9-5-6-15(4)14-9/h5-6,8,16H,7H2,1-4H3,(H2,12,13,14,17). The van der Waals surface area contributed by atoms with Gasteiger partial charge in [-0.3, -0.25) is 10.00 Å². The van der Waals surface area contributed by atoms with Crippen LogP contribution in [0.1, 0.15) is 20.8 Å². The molecule has 0 saturated heterocycles. The van der Waals surface area contributed by atoms with E-state index < -0.39 is 6.10 Å². The van der Waals surface area contributed by atoms with Gasteiger partial charge in [0.25, 0.3) is 0 Å². The van der Waals surface area contributed by atoms with Crippen LogP contribution in [0, 0.1) is 5.41 Å². The predicted octanol–water partition coefficient (Wildman–Crippen LogP) is 0.949. The average molecular weight is 240 g/mol. The van der Waals surface area contributed by atoms with E-state index in [0.717, 1.165) is 0 Å². The maximum absolute atomic E-state index is 11.5. The van der Waals surface area contributed by atoms with Gasteiger partial charge in [0.05, 0.1) is 6.10 Å². The van der Waals surface area contributed by atoms with Crippen molar-refractivity contribution in [1.29, 1.82) is 0 Å². The number of rotatable bonds is 3. The first-order valence-electron chi connectivity index (χ1n) is 5.51. The number of carbonyl (C=O) groups is 1. The Hall–Kier alpha value is -1.56. The zero-order valence-corrected chi connectivity index (χ0v) is 10.7. The van der Waals surface area contributed by atoms with Gasteiger partial charge in [-0.15, -0.1) is 0 Å². The number of nitrogens with zero attached hydrogens (tertiary/aromatic N) is 2. The first-order chi connectivity index (χ1) is 7.79. The van der Waals surface area contributed by atoms with Gasteiger partial charge in [-0.1, -0.05) is 20.8 Å². The van der Waals surface area contributed by atoms with Crippen LogP contribution in [0.2, 0.25) is 0 Å². The summed E-state index contributed by atoms with van der Waals surface area (Å²) < 4.78 is 1.60. The third kappa shape index (κ3) is 4.44. The summed E-state index contributed by atoms with van der Waals surface area (Å²) in [6.45, 7) is 5.95. The number of amides is 2. The molecule has 1 unspecified atom stereocenters. The second-order valence-electron chi connectivity index (χ2n) is 5.09. The van der Waals surface area contributed by atoms with E-state index in [9.17, 15) is 9.90 Å². The summed E-state index contributed by atoms with van der Waals surface area (Å²) in [4.78, 5) is 11.5. The molecule has 0 saturated carbocycles. The molecule has 0 bridgehead atoms. The van der Waals surface area contributed by atoms with Gasteiger partial charge in [0.1, 0.15) is 0 Å². The highest BCUT2D eigenvalue weighted by Crippen LogP contribution is 2.18. The van der Waals surface area contributed by atoms with Crippen molar-refractivity contribution in [3.8, 4) is 0 Å². The molecule has 1 atom stereocenters. The summed E-state index contributed by atoms with van der Waals surface area (Å²) >= 11 is 0. The van der Waals surface area contributed by atoms with Gasteiger partial charge in [-0.05, 0) is 5.41 Å². The fourth-order valence-electron chi connectivity index (χ4n) is 1.14. The van der Waals surface area contributed by atoms with Gasteiger partial charge in [0, 0.05) is 25.9 Å². The van der Waals surface area contributed by atoms with Crippen molar-refractivity contribution in [3.05, 3.63) is 12.3 Å². The van der Waals surface area contributed by atoms with Crippen LogP contribution in [0.4, 0.5) is 10.6 Å². The normalized spacial score (nSPS) is 13.2. The number of aryl methyl sites for hydroxylation is 1. The van der Waals surface area contributed by atoms with E-state index in [0.29, 0.717) is 5.82 Å². The van der Waals surface area contributed by atoms with E-state index in [1.54, 1.807) is 24.0 Å². The number of aliphatic hydroxyl groups excluding tert-OH is 1. The van der Waals surface area contributed by atoms with Crippen LogP contribution in [0.25, 0.3) is 0 Å². The summed E-state index contributed by atoms with van der Waals surface area (Å²) in [6.07, 6.45) is 1.15. The number of carbonyl (C=O) groups excluding carboxylic acids is 1. The van der Waals surface area contributed by atoms with Crippen molar-refractivity contribution in [1.82, 2.24) is 15.1 Å². The summed E-state index contributed by atoms with van der Waals surface area (Å²) in [6, 6.07) is 1.33. The Balaban J connectivity index is 2.36. The molecule has 3 N–H and O–H groups in total. The van der Waals surface area contributed by atoms with Crippen molar-refractivity contribution < 1.29 is 9.90 Å². The molecule has 96 valence electrons. The van der Waals surface area contributed by atoms with Gasteiger partial charge in [0.2, 0.25) is 0 Å². The molecule has 0 aliphatic carbocycles. The lowest BCUT2D eigenvalue weighted by molar-refractivity contribution is 0.0654. The summed E-state index contributed by atoms with van der Waals surface area (Å²) in [5.41, 5.74) is -0.252. The Bertz CT molecular complexity index is 381. The number of urea groups is 1. The Morgan fingerprint density at radius 1 is 1.59 bits per heavy atom. The van der Waals surface area contributed by atoms with Crippen molar-refractivity contribution in [2.24, 2.45) is 12.5 Å². The Kier molecular flexibility index (Phi) is 4.11. The quantitative estimate of drug-likeness (QED) is 0.736. The fourth-order valence-corrected chi connectivity index (χ4v) is 1.14. The molecule has 0 spiro atoms. The molecule has 1 rings (SSSR count). The van der Waals surface area contributed by atoms with Crippen LogP contribution in [-0.4, -0.2) is 33.6 Å². The molecule has 1 heterocycles. The van der Waals surface area contributed by atoms with Crippen LogP contribution >= 0.6 is 0 Å². The lowest BCUT2D eigenvalue weighted by atomic mass is 9.89. The van der Waals surface area contributed by atoms with E-state index >= 15 is 0 Å². The summed E-state index contributed by atoms with van der Waals surface area (Å²) in [5, 5.41) is 18.9. The number of aliphatic hydroxyl groups is 1. The second kappa shape index (κ2) is 5.18.